The third kappa shape index (κ3) is 4.65. The predicted molar refractivity (Wildman–Crippen MR) is 93.9 cm³/mol. The van der Waals surface area contributed by atoms with Gasteiger partial charge in [-0.25, -0.2) is 0 Å². The van der Waals surface area contributed by atoms with E-state index in [-0.39, 0.29) is 23.7 Å². The average Bonchev–Trinajstić information content (AvgIpc) is 2.53. The topological polar surface area (TPSA) is 67.8 Å². The Morgan fingerprint density at radius 1 is 1.12 bits per heavy atom. The van der Waals surface area contributed by atoms with Gasteiger partial charge in [0.25, 0.3) is 5.91 Å². The van der Waals surface area contributed by atoms with Crippen LogP contribution in [0.3, 0.4) is 0 Å². The van der Waals surface area contributed by atoms with Gasteiger partial charge in [-0.2, -0.15) is 0 Å². The van der Waals surface area contributed by atoms with Gasteiger partial charge in [0, 0.05) is 11.8 Å². The lowest BCUT2D eigenvalue weighted by molar-refractivity contribution is -0.118. The number of methoxy groups -OCH3 is 1. The van der Waals surface area contributed by atoms with Crippen molar-refractivity contribution in [2.45, 2.75) is 26.2 Å². The van der Waals surface area contributed by atoms with E-state index in [4.69, 9.17) is 9.47 Å². The van der Waals surface area contributed by atoms with Gasteiger partial charge in [-0.3, -0.25) is 4.79 Å². The fourth-order valence-corrected chi connectivity index (χ4v) is 2.16. The Morgan fingerprint density at radius 3 is 2.33 bits per heavy atom. The van der Waals surface area contributed by atoms with Crippen LogP contribution in [0, 0.1) is 0 Å². The summed E-state index contributed by atoms with van der Waals surface area (Å²) in [7, 11) is 1.46. The van der Waals surface area contributed by atoms with E-state index in [0.29, 0.717) is 17.2 Å². The van der Waals surface area contributed by atoms with Crippen LogP contribution >= 0.6 is 0 Å². The summed E-state index contributed by atoms with van der Waals surface area (Å²) < 4.78 is 10.4. The van der Waals surface area contributed by atoms with Crippen LogP contribution in [-0.2, 0) is 10.2 Å². The second-order valence-electron chi connectivity index (χ2n) is 6.50. The van der Waals surface area contributed by atoms with Gasteiger partial charge in [0.05, 0.1) is 7.11 Å². The molecule has 0 unspecified atom stereocenters. The molecule has 0 saturated heterocycles. The van der Waals surface area contributed by atoms with Crippen molar-refractivity contribution < 1.29 is 19.4 Å². The van der Waals surface area contributed by atoms with Crippen molar-refractivity contribution in [3.8, 4) is 17.2 Å². The van der Waals surface area contributed by atoms with Crippen LogP contribution in [0.1, 0.15) is 26.3 Å². The van der Waals surface area contributed by atoms with Crippen molar-refractivity contribution in [1.82, 2.24) is 0 Å². The normalized spacial score (nSPS) is 11.0. The molecule has 0 spiro atoms. The van der Waals surface area contributed by atoms with Crippen molar-refractivity contribution in [1.29, 1.82) is 0 Å². The minimum absolute atomic E-state index is 0.0333. The number of phenols is 1. The van der Waals surface area contributed by atoms with Crippen molar-refractivity contribution in [2.24, 2.45) is 0 Å². The number of hydrogen-bond acceptors (Lipinski definition) is 4. The van der Waals surface area contributed by atoms with E-state index in [2.05, 4.69) is 26.1 Å². The number of hydrogen-bond donors (Lipinski definition) is 2. The van der Waals surface area contributed by atoms with Gasteiger partial charge in [-0.05, 0) is 35.2 Å². The Hall–Kier alpha value is -2.69. The summed E-state index contributed by atoms with van der Waals surface area (Å²) in [6, 6.07) is 12.4. The fraction of sp³-hybridized carbons (Fsp3) is 0.316. The Bertz CT molecular complexity index is 702. The molecule has 2 aromatic carbocycles. The first kappa shape index (κ1) is 17.7. The standard InChI is InChI=1S/C19H23NO4/c1-19(2,3)13-5-8-15(9-6-13)24-12-18(22)20-14-7-10-17(23-4)16(21)11-14/h5-11,21H,12H2,1-4H3,(H,20,22). The first-order valence-electron chi connectivity index (χ1n) is 7.70. The Labute approximate surface area is 142 Å². The molecule has 24 heavy (non-hydrogen) atoms. The third-order valence-corrected chi connectivity index (χ3v) is 3.55. The minimum atomic E-state index is -0.306. The van der Waals surface area contributed by atoms with Crippen LogP contribution in [0.25, 0.3) is 0 Å². The lowest BCUT2D eigenvalue weighted by Crippen LogP contribution is -2.20. The summed E-state index contributed by atoms with van der Waals surface area (Å²) in [4.78, 5) is 11.9. The summed E-state index contributed by atoms with van der Waals surface area (Å²) in [6.45, 7) is 6.31. The molecule has 0 aliphatic carbocycles. The number of rotatable bonds is 5. The average molecular weight is 329 g/mol. The summed E-state index contributed by atoms with van der Waals surface area (Å²) in [5, 5.41) is 12.4. The van der Waals surface area contributed by atoms with Crippen LogP contribution in [0.15, 0.2) is 42.5 Å². The Balaban J connectivity index is 1.90. The zero-order valence-electron chi connectivity index (χ0n) is 14.4. The first-order valence-corrected chi connectivity index (χ1v) is 7.70. The highest BCUT2D eigenvalue weighted by molar-refractivity contribution is 5.92. The monoisotopic (exact) mass is 329 g/mol. The van der Waals surface area contributed by atoms with Gasteiger partial charge in [-0.1, -0.05) is 32.9 Å². The molecule has 0 radical (unpaired) electrons. The van der Waals surface area contributed by atoms with Gasteiger partial charge in [0.2, 0.25) is 0 Å². The van der Waals surface area contributed by atoms with Crippen LogP contribution in [0.4, 0.5) is 5.69 Å². The molecular formula is C19H23NO4. The molecule has 0 saturated carbocycles. The number of carbonyl (C=O) groups excluding carboxylic acids is 1. The number of nitrogens with one attached hydrogen (secondary N) is 1. The smallest absolute Gasteiger partial charge is 0.262 e. The van der Waals surface area contributed by atoms with E-state index in [1.54, 1.807) is 12.1 Å². The van der Waals surface area contributed by atoms with E-state index >= 15 is 0 Å². The second kappa shape index (κ2) is 7.25. The number of benzene rings is 2. The van der Waals surface area contributed by atoms with Crippen LogP contribution in [0.5, 0.6) is 17.2 Å². The molecule has 1 amide bonds. The number of aromatic hydroxyl groups is 1. The molecule has 2 rings (SSSR count). The molecule has 5 heteroatoms. The molecule has 0 bridgehead atoms. The van der Waals surface area contributed by atoms with Crippen molar-refractivity contribution in [3.63, 3.8) is 0 Å². The molecule has 0 fully saturated rings. The van der Waals surface area contributed by atoms with E-state index in [1.165, 1.54) is 18.7 Å². The maximum Gasteiger partial charge on any atom is 0.262 e. The maximum absolute atomic E-state index is 11.9. The molecule has 5 nitrogen and oxygen atoms in total. The summed E-state index contributed by atoms with van der Waals surface area (Å²) in [6.07, 6.45) is 0. The van der Waals surface area contributed by atoms with E-state index < -0.39 is 0 Å². The van der Waals surface area contributed by atoms with E-state index in [1.807, 2.05) is 24.3 Å². The first-order chi connectivity index (χ1) is 11.3. The van der Waals surface area contributed by atoms with E-state index in [0.717, 1.165) is 0 Å². The van der Waals surface area contributed by atoms with Gasteiger partial charge in [0.1, 0.15) is 5.75 Å². The maximum atomic E-state index is 11.9. The lowest BCUT2D eigenvalue weighted by atomic mass is 9.87. The molecule has 0 aromatic heterocycles. The Kier molecular flexibility index (Phi) is 5.34. The zero-order chi connectivity index (χ0) is 17.7. The fourth-order valence-electron chi connectivity index (χ4n) is 2.16. The summed E-state index contributed by atoms with van der Waals surface area (Å²) in [5.74, 6) is 0.646. The minimum Gasteiger partial charge on any atom is -0.504 e. The quantitative estimate of drug-likeness (QED) is 0.877. The lowest BCUT2D eigenvalue weighted by Gasteiger charge is -2.19. The molecule has 0 heterocycles. The highest BCUT2D eigenvalue weighted by atomic mass is 16.5. The second-order valence-corrected chi connectivity index (χ2v) is 6.50. The van der Waals surface area contributed by atoms with Gasteiger partial charge in [0.15, 0.2) is 18.1 Å². The highest BCUT2D eigenvalue weighted by Gasteiger charge is 2.13. The highest BCUT2D eigenvalue weighted by Crippen LogP contribution is 2.28. The van der Waals surface area contributed by atoms with Crippen molar-refractivity contribution in [2.75, 3.05) is 19.0 Å². The number of carbonyl (C=O) groups is 1. The molecular weight excluding hydrogens is 306 g/mol. The number of ether oxygens (including phenoxy) is 2. The number of anilines is 1. The SMILES string of the molecule is COc1ccc(NC(=O)COc2ccc(C(C)(C)C)cc2)cc1O. The predicted octanol–water partition coefficient (Wildman–Crippen LogP) is 3.72. The van der Waals surface area contributed by atoms with Gasteiger partial charge in [-0.15, -0.1) is 0 Å². The zero-order valence-corrected chi connectivity index (χ0v) is 14.4. The van der Waals surface area contributed by atoms with Gasteiger partial charge < -0.3 is 19.9 Å². The molecule has 0 aliphatic rings. The molecule has 2 aromatic rings. The molecule has 2 N–H and O–H groups in total. The molecule has 0 aliphatic heterocycles. The molecule has 0 atom stereocenters. The Morgan fingerprint density at radius 2 is 1.79 bits per heavy atom. The summed E-state index contributed by atoms with van der Waals surface area (Å²) >= 11 is 0. The van der Waals surface area contributed by atoms with E-state index in [9.17, 15) is 9.90 Å². The molecule has 128 valence electrons. The van der Waals surface area contributed by atoms with Crippen molar-refractivity contribution in [3.05, 3.63) is 48.0 Å². The third-order valence-electron chi connectivity index (χ3n) is 3.55. The van der Waals surface area contributed by atoms with Crippen LogP contribution < -0.4 is 14.8 Å². The number of amides is 1. The van der Waals surface area contributed by atoms with Gasteiger partial charge >= 0.3 is 0 Å². The van der Waals surface area contributed by atoms with Crippen molar-refractivity contribution >= 4 is 11.6 Å². The van der Waals surface area contributed by atoms with Crippen LogP contribution in [0.2, 0.25) is 0 Å². The largest absolute Gasteiger partial charge is 0.504 e. The van der Waals surface area contributed by atoms with Crippen LogP contribution in [-0.4, -0.2) is 24.7 Å². The summed E-state index contributed by atoms with van der Waals surface area (Å²) in [5.41, 5.74) is 1.75. The number of phenolic OH excluding ortho intramolecular Hbond substituents is 1.